The van der Waals surface area contributed by atoms with Crippen molar-refractivity contribution in [3.63, 3.8) is 0 Å². The molecule has 0 spiro atoms. The summed E-state index contributed by atoms with van der Waals surface area (Å²) in [6, 6.07) is 0. The highest BCUT2D eigenvalue weighted by Crippen LogP contribution is 2.31. The Bertz CT molecular complexity index is 693. The number of aromatic nitrogens is 1. The Hall–Kier alpha value is -1.83. The van der Waals surface area contributed by atoms with Gasteiger partial charge in [-0.05, 0) is 44.1 Å². The normalized spacial score (nSPS) is 19.0. The molecule has 28 heavy (non-hydrogen) atoms. The summed E-state index contributed by atoms with van der Waals surface area (Å²) in [4.78, 5) is 12.5. The number of ketones is 1. The zero-order valence-electron chi connectivity index (χ0n) is 17.6. The van der Waals surface area contributed by atoms with Gasteiger partial charge in [0.1, 0.15) is 11.3 Å². The van der Waals surface area contributed by atoms with Crippen molar-refractivity contribution in [2.24, 2.45) is 24.8 Å². The molecule has 7 nitrogen and oxygen atoms in total. The van der Waals surface area contributed by atoms with Gasteiger partial charge < -0.3 is 30.1 Å². The van der Waals surface area contributed by atoms with Gasteiger partial charge in [-0.1, -0.05) is 26.8 Å². The molecule has 7 heteroatoms. The molecular weight excluding hydrogens is 362 g/mol. The predicted molar refractivity (Wildman–Crippen MR) is 107 cm³/mol. The number of aromatic hydroxyl groups is 2. The van der Waals surface area contributed by atoms with Gasteiger partial charge in [0.2, 0.25) is 5.88 Å². The van der Waals surface area contributed by atoms with E-state index in [0.717, 1.165) is 0 Å². The van der Waals surface area contributed by atoms with Gasteiger partial charge in [0.15, 0.2) is 5.78 Å². The van der Waals surface area contributed by atoms with Crippen LogP contribution in [0.2, 0.25) is 0 Å². The van der Waals surface area contributed by atoms with E-state index in [4.69, 9.17) is 0 Å². The number of carbonyl (C=O) groups excluding carboxylic acids is 1. The molecular formula is C21H35NO6. The molecule has 0 aliphatic heterocycles. The van der Waals surface area contributed by atoms with E-state index in [1.807, 2.05) is 13.8 Å². The van der Waals surface area contributed by atoms with Crippen molar-refractivity contribution in [1.29, 1.82) is 0 Å². The van der Waals surface area contributed by atoms with Gasteiger partial charge in [-0.25, -0.2) is 0 Å². The first-order chi connectivity index (χ1) is 12.9. The first-order valence-electron chi connectivity index (χ1n) is 9.71. The van der Waals surface area contributed by atoms with Crippen molar-refractivity contribution in [3.05, 3.63) is 23.4 Å². The van der Waals surface area contributed by atoms with Crippen molar-refractivity contribution in [2.75, 3.05) is 0 Å². The van der Waals surface area contributed by atoms with Crippen LogP contribution in [-0.2, 0) is 7.05 Å². The second kappa shape index (κ2) is 10.1. The number of nitrogens with zero attached hydrogens (tertiary/aromatic N) is 1. The average molecular weight is 398 g/mol. The van der Waals surface area contributed by atoms with E-state index in [0.29, 0.717) is 18.4 Å². The Balaban J connectivity index is 2.71. The van der Waals surface area contributed by atoms with Crippen molar-refractivity contribution in [2.45, 2.75) is 65.8 Å². The lowest BCUT2D eigenvalue weighted by molar-refractivity contribution is -0.0549. The second-order valence-corrected chi connectivity index (χ2v) is 8.21. The molecule has 0 amide bonds. The van der Waals surface area contributed by atoms with Crippen LogP contribution in [-0.4, -0.2) is 54.2 Å². The summed E-state index contributed by atoms with van der Waals surface area (Å²) >= 11 is 0. The van der Waals surface area contributed by atoms with E-state index in [9.17, 15) is 30.3 Å². The Labute approximate surface area is 166 Å². The van der Waals surface area contributed by atoms with Crippen LogP contribution in [0.25, 0.3) is 0 Å². The topological polar surface area (TPSA) is 123 Å². The molecule has 1 heterocycles. The van der Waals surface area contributed by atoms with Crippen molar-refractivity contribution < 1.29 is 30.3 Å². The smallest absolute Gasteiger partial charge is 0.206 e. The summed E-state index contributed by atoms with van der Waals surface area (Å²) in [6.45, 7) is 8.81. The maximum atomic E-state index is 12.5. The summed E-state index contributed by atoms with van der Waals surface area (Å²) < 4.78 is 1.28. The zero-order chi connectivity index (χ0) is 21.8. The van der Waals surface area contributed by atoms with Crippen LogP contribution in [0, 0.1) is 17.8 Å². The van der Waals surface area contributed by atoms with E-state index in [2.05, 4.69) is 0 Å². The number of hydrogen-bond acceptors (Lipinski definition) is 6. The molecule has 0 radical (unpaired) electrons. The van der Waals surface area contributed by atoms with Crippen molar-refractivity contribution >= 4 is 5.78 Å². The molecule has 0 saturated heterocycles. The van der Waals surface area contributed by atoms with Gasteiger partial charge in [-0.15, -0.1) is 0 Å². The van der Waals surface area contributed by atoms with Crippen LogP contribution in [0.4, 0.5) is 0 Å². The quantitative estimate of drug-likeness (QED) is 0.305. The number of aryl methyl sites for hydroxylation is 1. The first-order valence-corrected chi connectivity index (χ1v) is 9.71. The van der Waals surface area contributed by atoms with Crippen molar-refractivity contribution in [3.8, 4) is 11.6 Å². The first kappa shape index (κ1) is 24.2. The third kappa shape index (κ3) is 6.09. The summed E-state index contributed by atoms with van der Waals surface area (Å²) in [5.41, 5.74) is 0.307. The zero-order valence-corrected chi connectivity index (χ0v) is 17.6. The largest absolute Gasteiger partial charge is 0.505 e. The average Bonchev–Trinajstić information content (AvgIpc) is 2.84. The molecule has 6 unspecified atom stereocenters. The second-order valence-electron chi connectivity index (χ2n) is 8.21. The lowest BCUT2D eigenvalue weighted by Crippen LogP contribution is -2.38. The minimum Gasteiger partial charge on any atom is -0.505 e. The molecule has 1 aromatic rings. The number of carbonyl (C=O) groups is 1. The molecule has 1 rings (SSSR count). The third-order valence-electron chi connectivity index (χ3n) is 5.36. The molecule has 0 bridgehead atoms. The lowest BCUT2D eigenvalue weighted by Gasteiger charge is -2.28. The summed E-state index contributed by atoms with van der Waals surface area (Å²) in [6.07, 6.45) is 1.49. The maximum Gasteiger partial charge on any atom is 0.206 e. The van der Waals surface area contributed by atoms with Gasteiger partial charge in [0, 0.05) is 19.2 Å². The molecule has 0 fully saturated rings. The molecule has 160 valence electrons. The van der Waals surface area contributed by atoms with E-state index in [1.54, 1.807) is 26.8 Å². The van der Waals surface area contributed by atoms with Crippen LogP contribution in [0.3, 0.4) is 0 Å². The Morgan fingerprint density at radius 2 is 1.68 bits per heavy atom. The number of allylic oxidation sites excluding steroid dienone is 2. The van der Waals surface area contributed by atoms with Gasteiger partial charge in [0.05, 0.1) is 18.3 Å². The van der Waals surface area contributed by atoms with E-state index in [1.165, 1.54) is 17.8 Å². The summed E-state index contributed by atoms with van der Waals surface area (Å²) in [7, 11) is 1.54. The number of rotatable bonds is 10. The number of hydrogen-bond donors (Lipinski definition) is 5. The molecule has 1 aromatic heterocycles. The maximum absolute atomic E-state index is 12.5. The van der Waals surface area contributed by atoms with Crippen LogP contribution < -0.4 is 0 Å². The highest BCUT2D eigenvalue weighted by Gasteiger charge is 2.28. The standard InChI is InChI=1S/C21H35NO6/c1-11(7-12(2)9-16(24)20(27)14(4)15(5)23)8-13(3)19(26)18-17(25)10-22(6)21(18)28/h8,10-12,14-16,20,23-25,27-28H,7,9H2,1-6H3. The molecule has 6 atom stereocenters. The molecule has 0 aliphatic carbocycles. The molecule has 0 saturated carbocycles. The van der Waals surface area contributed by atoms with Crippen molar-refractivity contribution in [1.82, 2.24) is 4.57 Å². The number of Topliss-reactive ketones (excluding diaryl/α,β-unsaturated/α-hetero) is 1. The van der Waals surface area contributed by atoms with Crippen LogP contribution in [0.1, 0.15) is 57.8 Å². The number of aliphatic hydroxyl groups is 3. The predicted octanol–water partition coefficient (Wildman–Crippen LogP) is 2.36. The van der Waals surface area contributed by atoms with Crippen LogP contribution in [0.5, 0.6) is 11.6 Å². The number of aliphatic hydroxyl groups excluding tert-OH is 3. The van der Waals surface area contributed by atoms with Gasteiger partial charge in [-0.3, -0.25) is 4.79 Å². The Kier molecular flexibility index (Phi) is 8.73. The SMILES string of the molecule is CC(=CC(C)CC(C)CC(O)C(O)C(C)C(C)O)C(=O)c1c(O)cn(C)c1O. The van der Waals surface area contributed by atoms with Gasteiger partial charge in [0.25, 0.3) is 0 Å². The Morgan fingerprint density at radius 1 is 1.11 bits per heavy atom. The molecule has 0 aromatic carbocycles. The minimum absolute atomic E-state index is 0.0190. The summed E-state index contributed by atoms with van der Waals surface area (Å²) in [5.74, 6) is -1.30. The minimum atomic E-state index is -0.999. The van der Waals surface area contributed by atoms with Gasteiger partial charge in [-0.2, -0.15) is 0 Å². The molecule has 0 aliphatic rings. The highest BCUT2D eigenvalue weighted by atomic mass is 16.3. The van der Waals surface area contributed by atoms with Crippen LogP contribution in [0.15, 0.2) is 17.8 Å². The fraction of sp³-hybridized carbons (Fsp3) is 0.667. The lowest BCUT2D eigenvalue weighted by atomic mass is 9.86. The van der Waals surface area contributed by atoms with Crippen LogP contribution >= 0.6 is 0 Å². The fourth-order valence-electron chi connectivity index (χ4n) is 3.50. The summed E-state index contributed by atoms with van der Waals surface area (Å²) in [5, 5.41) is 49.7. The third-order valence-corrected chi connectivity index (χ3v) is 5.36. The Morgan fingerprint density at radius 3 is 2.14 bits per heavy atom. The van der Waals surface area contributed by atoms with E-state index >= 15 is 0 Å². The highest BCUT2D eigenvalue weighted by molar-refractivity contribution is 6.11. The van der Waals surface area contributed by atoms with E-state index in [-0.39, 0.29) is 29.0 Å². The van der Waals surface area contributed by atoms with Gasteiger partial charge >= 0.3 is 0 Å². The van der Waals surface area contributed by atoms with E-state index < -0.39 is 30.0 Å². The monoisotopic (exact) mass is 397 g/mol. The fourth-order valence-corrected chi connectivity index (χ4v) is 3.50. The molecule has 5 N–H and O–H groups in total.